The molecule has 1 aromatic heterocycles. The Morgan fingerprint density at radius 3 is 2.59 bits per heavy atom. The van der Waals surface area contributed by atoms with Crippen molar-refractivity contribution in [2.24, 2.45) is 0 Å². The van der Waals surface area contributed by atoms with Crippen molar-refractivity contribution in [1.82, 2.24) is 14.8 Å². The van der Waals surface area contributed by atoms with Crippen LogP contribution in [0.4, 0.5) is 17.3 Å². The Hall–Kier alpha value is -4.14. The van der Waals surface area contributed by atoms with Gasteiger partial charge in [-0.05, 0) is 43.7 Å². The highest BCUT2D eigenvalue weighted by atomic mass is 16.5. The number of aromatic nitrogens is 3. The Balaban J connectivity index is 1.71. The van der Waals surface area contributed by atoms with E-state index in [2.05, 4.69) is 26.0 Å². The molecule has 9 nitrogen and oxygen atoms in total. The fourth-order valence-electron chi connectivity index (χ4n) is 3.69. The van der Waals surface area contributed by atoms with E-state index < -0.39 is 6.04 Å². The molecule has 2 aromatic carbocycles. The SMILES string of the molecule is CCOc1ccccc1NC(=O)C1=C(C)Nc2ncnn2[C@H]1c1ccc(NC(C)=O)cc1. The molecule has 0 unspecified atom stereocenters. The van der Waals surface area contributed by atoms with Gasteiger partial charge in [-0.3, -0.25) is 9.59 Å². The van der Waals surface area contributed by atoms with Crippen molar-refractivity contribution < 1.29 is 14.3 Å². The molecule has 164 valence electrons. The Morgan fingerprint density at radius 2 is 1.88 bits per heavy atom. The maximum atomic E-state index is 13.5. The number of carbonyl (C=O) groups excluding carboxylic acids is 2. The van der Waals surface area contributed by atoms with Crippen molar-refractivity contribution in [2.45, 2.75) is 26.8 Å². The van der Waals surface area contributed by atoms with Gasteiger partial charge in [-0.2, -0.15) is 10.1 Å². The largest absolute Gasteiger partial charge is 0.492 e. The van der Waals surface area contributed by atoms with Crippen molar-refractivity contribution in [3.05, 3.63) is 71.7 Å². The smallest absolute Gasteiger partial charge is 0.255 e. The second-order valence-corrected chi connectivity index (χ2v) is 7.28. The second-order valence-electron chi connectivity index (χ2n) is 7.28. The van der Waals surface area contributed by atoms with E-state index in [4.69, 9.17) is 4.74 Å². The predicted molar refractivity (Wildman–Crippen MR) is 121 cm³/mol. The van der Waals surface area contributed by atoms with Gasteiger partial charge in [0.2, 0.25) is 11.9 Å². The average Bonchev–Trinajstić information content (AvgIpc) is 3.22. The summed E-state index contributed by atoms with van der Waals surface area (Å²) in [5, 5.41) is 13.2. The van der Waals surface area contributed by atoms with Crippen LogP contribution in [0.15, 0.2) is 66.1 Å². The first-order valence-electron chi connectivity index (χ1n) is 10.3. The Morgan fingerprint density at radius 1 is 1.12 bits per heavy atom. The highest BCUT2D eigenvalue weighted by molar-refractivity contribution is 6.06. The molecule has 0 bridgehead atoms. The number of allylic oxidation sites excluding steroid dienone is 1. The van der Waals surface area contributed by atoms with Gasteiger partial charge in [0.15, 0.2) is 0 Å². The molecule has 9 heteroatoms. The molecule has 0 radical (unpaired) electrons. The van der Waals surface area contributed by atoms with Gasteiger partial charge in [0.1, 0.15) is 18.1 Å². The predicted octanol–water partition coefficient (Wildman–Crippen LogP) is 3.56. The standard InChI is InChI=1S/C23H24N6O3/c1-4-32-19-8-6-5-7-18(19)28-22(31)20-14(2)26-23-24-13-25-29(23)21(20)16-9-11-17(12-10-16)27-15(3)30/h5-13,21H,4H2,1-3H3,(H,27,30)(H,28,31)(H,24,25,26)/t21-/m0/s1. The summed E-state index contributed by atoms with van der Waals surface area (Å²) in [6, 6.07) is 14.1. The molecule has 0 saturated carbocycles. The van der Waals surface area contributed by atoms with Crippen molar-refractivity contribution in [3.63, 3.8) is 0 Å². The van der Waals surface area contributed by atoms with Crippen LogP contribution in [-0.4, -0.2) is 33.2 Å². The molecule has 1 aliphatic rings. The lowest BCUT2D eigenvalue weighted by molar-refractivity contribution is -0.114. The van der Waals surface area contributed by atoms with Crippen LogP contribution < -0.4 is 20.7 Å². The number of fused-ring (bicyclic) bond motifs is 1. The van der Waals surface area contributed by atoms with E-state index in [0.717, 1.165) is 5.56 Å². The molecule has 1 atom stereocenters. The average molecular weight is 432 g/mol. The van der Waals surface area contributed by atoms with Crippen LogP contribution in [-0.2, 0) is 9.59 Å². The summed E-state index contributed by atoms with van der Waals surface area (Å²) >= 11 is 0. The first kappa shape index (κ1) is 21.1. The van der Waals surface area contributed by atoms with Gasteiger partial charge in [0.25, 0.3) is 5.91 Å². The van der Waals surface area contributed by atoms with Crippen molar-refractivity contribution in [3.8, 4) is 5.75 Å². The lowest BCUT2D eigenvalue weighted by Gasteiger charge is -2.29. The minimum atomic E-state index is -0.501. The van der Waals surface area contributed by atoms with Crippen molar-refractivity contribution in [2.75, 3.05) is 22.6 Å². The fraction of sp³-hybridized carbons (Fsp3) is 0.217. The Labute approximate surface area is 185 Å². The maximum Gasteiger partial charge on any atom is 0.255 e. The Bertz CT molecular complexity index is 1180. The lowest BCUT2D eigenvalue weighted by atomic mass is 9.94. The number of anilines is 3. The second kappa shape index (κ2) is 8.93. The number of nitrogens with one attached hydrogen (secondary N) is 3. The van der Waals surface area contributed by atoms with E-state index in [-0.39, 0.29) is 11.8 Å². The van der Waals surface area contributed by atoms with Gasteiger partial charge >= 0.3 is 0 Å². The van der Waals surface area contributed by atoms with E-state index in [1.54, 1.807) is 22.9 Å². The molecule has 3 N–H and O–H groups in total. The van der Waals surface area contributed by atoms with Crippen LogP contribution in [0, 0.1) is 0 Å². The van der Waals surface area contributed by atoms with Gasteiger partial charge in [-0.15, -0.1) is 0 Å². The highest BCUT2D eigenvalue weighted by Crippen LogP contribution is 2.36. The molecule has 0 fully saturated rings. The number of amides is 2. The fourth-order valence-corrected chi connectivity index (χ4v) is 3.69. The normalized spacial score (nSPS) is 14.9. The molecular weight excluding hydrogens is 408 g/mol. The molecule has 1 aliphatic heterocycles. The summed E-state index contributed by atoms with van der Waals surface area (Å²) in [4.78, 5) is 29.1. The minimum Gasteiger partial charge on any atom is -0.492 e. The van der Waals surface area contributed by atoms with Crippen LogP contribution >= 0.6 is 0 Å². The Kier molecular flexibility index (Phi) is 5.89. The van der Waals surface area contributed by atoms with E-state index in [0.29, 0.717) is 40.9 Å². The quantitative estimate of drug-likeness (QED) is 0.549. The van der Waals surface area contributed by atoms with Gasteiger partial charge in [-0.1, -0.05) is 24.3 Å². The van der Waals surface area contributed by atoms with Gasteiger partial charge in [0.05, 0.1) is 17.9 Å². The molecule has 2 heterocycles. The van der Waals surface area contributed by atoms with Crippen molar-refractivity contribution >= 4 is 29.1 Å². The number of hydrogen-bond donors (Lipinski definition) is 3. The number of nitrogens with zero attached hydrogens (tertiary/aromatic N) is 3. The third kappa shape index (κ3) is 4.18. The third-order valence-corrected chi connectivity index (χ3v) is 5.02. The first-order chi connectivity index (χ1) is 15.5. The molecule has 4 rings (SSSR count). The maximum absolute atomic E-state index is 13.5. The van der Waals surface area contributed by atoms with Crippen LogP contribution in [0.5, 0.6) is 5.75 Å². The number of carbonyl (C=O) groups is 2. The van der Waals surface area contributed by atoms with E-state index in [9.17, 15) is 9.59 Å². The summed E-state index contributed by atoms with van der Waals surface area (Å²) in [7, 11) is 0. The van der Waals surface area contributed by atoms with Gasteiger partial charge < -0.3 is 20.7 Å². The number of ether oxygens (including phenoxy) is 1. The zero-order valence-corrected chi connectivity index (χ0v) is 18.0. The van der Waals surface area contributed by atoms with Crippen LogP contribution in [0.2, 0.25) is 0 Å². The molecule has 3 aromatic rings. The molecule has 32 heavy (non-hydrogen) atoms. The van der Waals surface area contributed by atoms with Gasteiger partial charge in [0, 0.05) is 18.3 Å². The molecule has 0 spiro atoms. The summed E-state index contributed by atoms with van der Waals surface area (Å²) in [6.45, 7) is 5.67. The van der Waals surface area contributed by atoms with Crippen LogP contribution in [0.3, 0.4) is 0 Å². The van der Waals surface area contributed by atoms with E-state index >= 15 is 0 Å². The van der Waals surface area contributed by atoms with E-state index in [1.807, 2.05) is 44.2 Å². The highest BCUT2D eigenvalue weighted by Gasteiger charge is 2.33. The van der Waals surface area contributed by atoms with Crippen molar-refractivity contribution in [1.29, 1.82) is 0 Å². The molecular formula is C23H24N6O3. The summed E-state index contributed by atoms with van der Waals surface area (Å²) in [5.41, 5.74) is 3.26. The van der Waals surface area contributed by atoms with E-state index in [1.165, 1.54) is 13.3 Å². The van der Waals surface area contributed by atoms with Gasteiger partial charge in [-0.25, -0.2) is 4.68 Å². The molecule has 0 saturated heterocycles. The zero-order chi connectivity index (χ0) is 22.7. The summed E-state index contributed by atoms with van der Waals surface area (Å²) in [5.74, 6) is 0.717. The first-order valence-corrected chi connectivity index (χ1v) is 10.3. The number of benzene rings is 2. The third-order valence-electron chi connectivity index (χ3n) is 5.02. The molecule has 2 amide bonds. The van der Waals surface area contributed by atoms with Crippen LogP contribution in [0.25, 0.3) is 0 Å². The number of rotatable bonds is 6. The molecule has 0 aliphatic carbocycles. The topological polar surface area (TPSA) is 110 Å². The van der Waals surface area contributed by atoms with Crippen LogP contribution in [0.1, 0.15) is 32.4 Å². The number of para-hydroxylation sites is 2. The minimum absolute atomic E-state index is 0.151. The zero-order valence-electron chi connectivity index (χ0n) is 18.0. The number of hydrogen-bond acceptors (Lipinski definition) is 6. The summed E-state index contributed by atoms with van der Waals surface area (Å²) in [6.07, 6.45) is 1.44. The monoisotopic (exact) mass is 432 g/mol. The lowest BCUT2D eigenvalue weighted by Crippen LogP contribution is -2.31. The summed E-state index contributed by atoms with van der Waals surface area (Å²) < 4.78 is 7.31.